The summed E-state index contributed by atoms with van der Waals surface area (Å²) in [5.74, 6) is -1.52. The van der Waals surface area contributed by atoms with Gasteiger partial charge in [-0.1, -0.05) is 37.4 Å². The molecule has 2 aromatic rings. The van der Waals surface area contributed by atoms with Gasteiger partial charge in [0, 0.05) is 28.0 Å². The number of rotatable bonds is 3. The first kappa shape index (κ1) is 13.9. The van der Waals surface area contributed by atoms with Crippen LogP contribution in [0.4, 0.5) is 13.2 Å². The third-order valence-electron chi connectivity index (χ3n) is 2.92. The smallest absolute Gasteiger partial charge is 0.337 e. The van der Waals surface area contributed by atoms with E-state index in [2.05, 4.69) is 13.2 Å². The molecule has 5 heteroatoms. The lowest BCUT2D eigenvalue weighted by Crippen LogP contribution is -2.24. The zero-order valence-corrected chi connectivity index (χ0v) is 11.6. The van der Waals surface area contributed by atoms with Gasteiger partial charge >= 0.3 is 4.83 Å². The standard InChI is InChI=1S/C14H11BrF3N/c1-9-11-5-3-4-6-12(11)10(2)19(9)8-7-13(16)14(15,17)18/h3-7H,1-2,8H2/b13-7-. The van der Waals surface area contributed by atoms with E-state index in [9.17, 15) is 13.2 Å². The maximum absolute atomic E-state index is 13.1. The number of halogens is 4. The molecule has 1 aromatic carbocycles. The van der Waals surface area contributed by atoms with E-state index >= 15 is 0 Å². The van der Waals surface area contributed by atoms with E-state index in [0.717, 1.165) is 16.8 Å². The Balaban J connectivity index is 2.48. The average molecular weight is 330 g/mol. The van der Waals surface area contributed by atoms with Crippen molar-refractivity contribution < 1.29 is 13.2 Å². The van der Waals surface area contributed by atoms with Gasteiger partial charge in [0.2, 0.25) is 0 Å². The highest BCUT2D eigenvalue weighted by molar-refractivity contribution is 9.10. The normalized spacial score (nSPS) is 13.2. The Morgan fingerprint density at radius 1 is 1.21 bits per heavy atom. The van der Waals surface area contributed by atoms with Crippen LogP contribution in [0.3, 0.4) is 0 Å². The topological polar surface area (TPSA) is 4.93 Å². The van der Waals surface area contributed by atoms with Crippen molar-refractivity contribution in [2.24, 2.45) is 0 Å². The highest BCUT2D eigenvalue weighted by Gasteiger charge is 2.30. The highest BCUT2D eigenvalue weighted by Crippen LogP contribution is 2.31. The Hall–Kier alpha value is -1.49. The van der Waals surface area contributed by atoms with Gasteiger partial charge in [-0.05, 0) is 22.0 Å². The molecule has 0 bridgehead atoms. The number of benzene rings is 1. The Labute approximate surface area is 116 Å². The molecule has 0 unspecified atom stereocenters. The molecule has 0 saturated carbocycles. The molecule has 0 fully saturated rings. The van der Waals surface area contributed by atoms with Crippen molar-refractivity contribution in [3.05, 3.63) is 46.9 Å². The summed E-state index contributed by atoms with van der Waals surface area (Å²) in [7, 11) is 0. The molecule has 100 valence electrons. The summed E-state index contributed by atoms with van der Waals surface area (Å²) >= 11 is 1.97. The van der Waals surface area contributed by atoms with Crippen molar-refractivity contribution in [1.29, 1.82) is 0 Å². The second kappa shape index (κ2) is 4.89. The minimum atomic E-state index is -3.64. The van der Waals surface area contributed by atoms with Gasteiger partial charge in [-0.25, -0.2) is 4.39 Å². The Kier molecular flexibility index (Phi) is 3.58. The van der Waals surface area contributed by atoms with Gasteiger partial charge in [0.25, 0.3) is 0 Å². The first-order valence-electron chi connectivity index (χ1n) is 5.50. The summed E-state index contributed by atoms with van der Waals surface area (Å²) in [5.41, 5.74) is 0. The molecule has 0 atom stereocenters. The van der Waals surface area contributed by atoms with E-state index in [1.807, 2.05) is 40.2 Å². The number of alkyl halides is 3. The van der Waals surface area contributed by atoms with Crippen LogP contribution in [0.25, 0.3) is 23.9 Å². The molecule has 0 radical (unpaired) electrons. The second-order valence-corrected chi connectivity index (χ2v) is 5.10. The molecule has 0 aliphatic heterocycles. The van der Waals surface area contributed by atoms with Crippen LogP contribution in [-0.4, -0.2) is 9.40 Å². The van der Waals surface area contributed by atoms with Crippen LogP contribution in [-0.2, 0) is 6.54 Å². The molecule has 0 saturated heterocycles. The molecule has 1 nitrogen and oxygen atoms in total. The van der Waals surface area contributed by atoms with Crippen LogP contribution in [0.1, 0.15) is 0 Å². The first-order valence-corrected chi connectivity index (χ1v) is 6.29. The van der Waals surface area contributed by atoms with Crippen molar-refractivity contribution in [1.82, 2.24) is 4.57 Å². The predicted molar refractivity (Wildman–Crippen MR) is 75.3 cm³/mol. The summed E-state index contributed by atoms with van der Waals surface area (Å²) < 4.78 is 40.0. The molecule has 1 heterocycles. The van der Waals surface area contributed by atoms with Gasteiger partial charge in [-0.15, -0.1) is 0 Å². The van der Waals surface area contributed by atoms with Gasteiger partial charge in [-0.3, -0.25) is 0 Å². The number of allylic oxidation sites excluding steroid dienone is 2. The number of nitrogens with zero attached hydrogens (tertiary/aromatic N) is 1. The molecule has 19 heavy (non-hydrogen) atoms. The second-order valence-electron chi connectivity index (χ2n) is 4.10. The van der Waals surface area contributed by atoms with E-state index in [1.54, 1.807) is 4.57 Å². The summed E-state index contributed by atoms with van der Waals surface area (Å²) in [6, 6.07) is 7.43. The summed E-state index contributed by atoms with van der Waals surface area (Å²) in [6.45, 7) is 7.72. The predicted octanol–water partition coefficient (Wildman–Crippen LogP) is 3.30. The Morgan fingerprint density at radius 3 is 2.11 bits per heavy atom. The van der Waals surface area contributed by atoms with Crippen LogP contribution in [0, 0.1) is 0 Å². The largest absolute Gasteiger partial charge is 0.351 e. The van der Waals surface area contributed by atoms with Crippen molar-refractivity contribution in [3.63, 3.8) is 0 Å². The number of fused-ring (bicyclic) bond motifs is 1. The van der Waals surface area contributed by atoms with E-state index in [1.165, 1.54) is 0 Å². The van der Waals surface area contributed by atoms with E-state index in [4.69, 9.17) is 0 Å². The van der Waals surface area contributed by atoms with Crippen molar-refractivity contribution in [2.75, 3.05) is 0 Å². The number of hydrogen-bond acceptors (Lipinski definition) is 0. The average Bonchev–Trinajstić information content (AvgIpc) is 2.59. The zero-order valence-electron chi connectivity index (χ0n) is 9.97. The molecular weight excluding hydrogens is 319 g/mol. The Morgan fingerprint density at radius 2 is 1.68 bits per heavy atom. The van der Waals surface area contributed by atoms with E-state index in [-0.39, 0.29) is 6.54 Å². The maximum Gasteiger partial charge on any atom is 0.351 e. The molecule has 0 amide bonds. The van der Waals surface area contributed by atoms with Gasteiger partial charge in [0.05, 0.1) is 0 Å². The van der Waals surface area contributed by atoms with Crippen molar-refractivity contribution in [2.45, 2.75) is 11.4 Å². The van der Waals surface area contributed by atoms with Crippen LogP contribution < -0.4 is 10.7 Å². The van der Waals surface area contributed by atoms with Gasteiger partial charge < -0.3 is 4.57 Å². The minimum Gasteiger partial charge on any atom is -0.337 e. The SMILES string of the molecule is C=c1c2ccccc2c(=C)n1C/C=C(\F)C(F)(F)Br. The molecule has 0 spiro atoms. The van der Waals surface area contributed by atoms with Crippen LogP contribution >= 0.6 is 15.9 Å². The van der Waals surface area contributed by atoms with Gasteiger partial charge in [-0.2, -0.15) is 8.78 Å². The van der Waals surface area contributed by atoms with E-state index < -0.39 is 10.7 Å². The minimum absolute atomic E-state index is 0.0423. The van der Waals surface area contributed by atoms with Gasteiger partial charge in [0.1, 0.15) is 0 Å². The summed E-state index contributed by atoms with van der Waals surface area (Å²) in [5, 5.41) is 3.02. The Bertz CT molecular complexity index is 693. The third-order valence-corrected chi connectivity index (χ3v) is 3.30. The zero-order chi connectivity index (χ0) is 14.2. The van der Waals surface area contributed by atoms with Gasteiger partial charge in [0.15, 0.2) is 5.83 Å². The fourth-order valence-electron chi connectivity index (χ4n) is 1.95. The highest BCUT2D eigenvalue weighted by atomic mass is 79.9. The fourth-order valence-corrected chi connectivity index (χ4v) is 2.11. The first-order chi connectivity index (χ1) is 8.82. The van der Waals surface area contributed by atoms with Crippen LogP contribution in [0.5, 0.6) is 0 Å². The molecule has 1 aromatic heterocycles. The third kappa shape index (κ3) is 2.61. The molecule has 2 rings (SSSR count). The van der Waals surface area contributed by atoms with Crippen LogP contribution in [0.15, 0.2) is 36.2 Å². The summed E-state index contributed by atoms with van der Waals surface area (Å²) in [4.78, 5) is -3.64. The lowest BCUT2D eigenvalue weighted by atomic mass is 10.2. The molecular formula is C14H11BrF3N. The number of hydrogen-bond donors (Lipinski definition) is 0. The lowest BCUT2D eigenvalue weighted by Gasteiger charge is -2.05. The van der Waals surface area contributed by atoms with Crippen molar-refractivity contribution in [3.8, 4) is 0 Å². The molecule has 0 aliphatic rings. The molecule has 0 aliphatic carbocycles. The van der Waals surface area contributed by atoms with Crippen molar-refractivity contribution >= 4 is 39.9 Å². The maximum atomic E-state index is 13.1. The van der Waals surface area contributed by atoms with E-state index in [0.29, 0.717) is 10.7 Å². The van der Waals surface area contributed by atoms with Crippen LogP contribution in [0.2, 0.25) is 0 Å². The molecule has 0 N–H and O–H groups in total. The summed E-state index contributed by atoms with van der Waals surface area (Å²) in [6.07, 6.45) is 0.816. The fraction of sp³-hybridized carbons (Fsp3) is 0.143. The lowest BCUT2D eigenvalue weighted by molar-refractivity contribution is 0.126. The number of aromatic nitrogens is 1. The quantitative estimate of drug-likeness (QED) is 0.761. The monoisotopic (exact) mass is 329 g/mol.